The largest absolute Gasteiger partial charge is 0.481 e. The molecule has 31 heavy (non-hydrogen) atoms. The van der Waals surface area contributed by atoms with Crippen LogP contribution in [-0.2, 0) is 17.8 Å². The second kappa shape index (κ2) is 10.4. The van der Waals surface area contributed by atoms with Gasteiger partial charge in [-0.1, -0.05) is 55.2 Å². The number of nitrogens with zero attached hydrogens (tertiary/aromatic N) is 2. The number of halogens is 3. The Hall–Kier alpha value is -2.15. The van der Waals surface area contributed by atoms with Crippen LogP contribution in [0.15, 0.2) is 42.5 Å². The van der Waals surface area contributed by atoms with E-state index < -0.39 is 5.97 Å². The summed E-state index contributed by atoms with van der Waals surface area (Å²) >= 11 is 13.8. The minimum absolute atomic E-state index is 0.0451. The third-order valence-corrected chi connectivity index (χ3v) is 6.48. The van der Waals surface area contributed by atoms with E-state index in [1.54, 1.807) is 18.2 Å². The van der Waals surface area contributed by atoms with Crippen LogP contribution in [0.1, 0.15) is 30.7 Å². The van der Waals surface area contributed by atoms with E-state index in [0.717, 1.165) is 28.1 Å². The summed E-state index contributed by atoms with van der Waals surface area (Å²) in [6.07, 6.45) is 0.774. The lowest BCUT2D eigenvalue weighted by molar-refractivity contribution is -0.136. The zero-order chi connectivity index (χ0) is 22.5. The predicted octanol–water partition coefficient (Wildman–Crippen LogP) is 6.94. The maximum Gasteiger partial charge on any atom is 0.305 e. The smallest absolute Gasteiger partial charge is 0.305 e. The first-order valence-corrected chi connectivity index (χ1v) is 11.5. The number of hydrogen-bond acceptors (Lipinski definition) is 4. The molecule has 2 aromatic carbocycles. The molecule has 3 rings (SSSR count). The highest BCUT2D eigenvalue weighted by atomic mass is 35.5. The first-order chi connectivity index (χ1) is 14.7. The maximum atomic E-state index is 13.7. The van der Waals surface area contributed by atoms with Gasteiger partial charge in [0.05, 0.1) is 22.2 Å². The molecule has 0 aliphatic carbocycles. The van der Waals surface area contributed by atoms with Crippen LogP contribution >= 0.6 is 34.5 Å². The number of rotatable bonds is 9. The number of aromatic nitrogens is 1. The van der Waals surface area contributed by atoms with Gasteiger partial charge in [-0.15, -0.1) is 11.3 Å². The summed E-state index contributed by atoms with van der Waals surface area (Å²) in [5.74, 6) is -0.815. The fourth-order valence-electron chi connectivity index (χ4n) is 3.18. The molecule has 1 heterocycles. The lowest BCUT2D eigenvalue weighted by atomic mass is 10.0. The van der Waals surface area contributed by atoms with Crippen molar-refractivity contribution in [3.63, 3.8) is 0 Å². The molecule has 1 aromatic heterocycles. The van der Waals surface area contributed by atoms with Crippen LogP contribution in [0, 0.1) is 11.7 Å². The summed E-state index contributed by atoms with van der Waals surface area (Å²) in [6, 6.07) is 11.7. The van der Waals surface area contributed by atoms with Crippen molar-refractivity contribution in [3.8, 4) is 11.3 Å². The van der Waals surface area contributed by atoms with Crippen molar-refractivity contribution in [2.45, 2.75) is 33.2 Å². The Morgan fingerprint density at radius 1 is 1.19 bits per heavy atom. The van der Waals surface area contributed by atoms with Crippen LogP contribution in [-0.4, -0.2) is 22.6 Å². The molecule has 0 radical (unpaired) electrons. The number of anilines is 1. The summed E-state index contributed by atoms with van der Waals surface area (Å²) in [5, 5.41) is 10.8. The van der Waals surface area contributed by atoms with Gasteiger partial charge in [-0.25, -0.2) is 9.37 Å². The monoisotopic (exact) mass is 480 g/mol. The number of carbonyl (C=O) groups is 1. The van der Waals surface area contributed by atoms with E-state index in [1.165, 1.54) is 23.5 Å². The normalized spacial score (nSPS) is 11.2. The fraction of sp³-hybridized carbons (Fsp3) is 0.304. The molecular weight excluding hydrogens is 458 g/mol. The van der Waals surface area contributed by atoms with Crippen LogP contribution in [0.3, 0.4) is 0 Å². The molecule has 0 aliphatic rings. The third-order valence-electron chi connectivity index (χ3n) is 4.60. The number of carboxylic acid groups (broad SMARTS) is 1. The number of carboxylic acids is 1. The summed E-state index contributed by atoms with van der Waals surface area (Å²) < 4.78 is 13.7. The van der Waals surface area contributed by atoms with E-state index in [2.05, 4.69) is 13.8 Å². The molecule has 0 spiro atoms. The predicted molar refractivity (Wildman–Crippen MR) is 126 cm³/mol. The second-order valence-corrected chi connectivity index (χ2v) is 9.57. The van der Waals surface area contributed by atoms with Crippen molar-refractivity contribution in [1.29, 1.82) is 0 Å². The standard InChI is InChI=1S/C23H23Cl2FN2O2S/c1-14(2)10-20-22(16-6-7-18(24)19(25)12-16)27-23(31-20)28(9-8-21(29)30)13-15-4-3-5-17(26)11-15/h3-7,11-12,14H,8-10,13H2,1-2H3,(H,29,30). The topological polar surface area (TPSA) is 53.4 Å². The molecule has 0 unspecified atom stereocenters. The minimum Gasteiger partial charge on any atom is -0.481 e. The first-order valence-electron chi connectivity index (χ1n) is 9.89. The summed E-state index contributed by atoms with van der Waals surface area (Å²) in [6.45, 7) is 4.89. The average Bonchev–Trinajstić information content (AvgIpc) is 3.10. The third kappa shape index (κ3) is 6.42. The van der Waals surface area contributed by atoms with Gasteiger partial charge in [0.1, 0.15) is 5.82 Å². The molecular formula is C23H23Cl2FN2O2S. The van der Waals surface area contributed by atoms with Crippen LogP contribution in [0.4, 0.5) is 9.52 Å². The van der Waals surface area contributed by atoms with E-state index >= 15 is 0 Å². The zero-order valence-corrected chi connectivity index (χ0v) is 19.6. The van der Waals surface area contributed by atoms with Crippen molar-refractivity contribution in [2.75, 3.05) is 11.4 Å². The van der Waals surface area contributed by atoms with Crippen LogP contribution < -0.4 is 4.90 Å². The van der Waals surface area contributed by atoms with E-state index in [4.69, 9.17) is 28.2 Å². The Bertz CT molecular complexity index is 1070. The van der Waals surface area contributed by atoms with Gasteiger partial charge in [0, 0.05) is 23.5 Å². The van der Waals surface area contributed by atoms with Crippen molar-refractivity contribution < 1.29 is 14.3 Å². The SMILES string of the molecule is CC(C)Cc1sc(N(CCC(=O)O)Cc2cccc(F)c2)nc1-c1ccc(Cl)c(Cl)c1. The van der Waals surface area contributed by atoms with Gasteiger partial charge in [0.2, 0.25) is 0 Å². The maximum absolute atomic E-state index is 13.7. The average molecular weight is 481 g/mol. The van der Waals surface area contributed by atoms with Gasteiger partial charge in [-0.05, 0) is 42.2 Å². The summed E-state index contributed by atoms with van der Waals surface area (Å²) in [4.78, 5) is 19.0. The molecule has 0 bridgehead atoms. The summed E-state index contributed by atoms with van der Waals surface area (Å²) in [5.41, 5.74) is 2.42. The van der Waals surface area contributed by atoms with E-state index in [1.807, 2.05) is 17.0 Å². The molecule has 3 aromatic rings. The Kier molecular flexibility index (Phi) is 7.92. The van der Waals surface area contributed by atoms with E-state index in [9.17, 15) is 14.3 Å². The lowest BCUT2D eigenvalue weighted by Gasteiger charge is -2.21. The second-order valence-electron chi connectivity index (χ2n) is 7.69. The quantitative estimate of drug-likeness (QED) is 0.360. The van der Waals surface area contributed by atoms with Gasteiger partial charge < -0.3 is 10.0 Å². The van der Waals surface area contributed by atoms with Crippen molar-refractivity contribution >= 4 is 45.6 Å². The van der Waals surface area contributed by atoms with Gasteiger partial charge >= 0.3 is 5.97 Å². The molecule has 0 amide bonds. The Morgan fingerprint density at radius 2 is 1.97 bits per heavy atom. The highest BCUT2D eigenvalue weighted by molar-refractivity contribution is 7.16. The van der Waals surface area contributed by atoms with Crippen LogP contribution in [0.2, 0.25) is 10.0 Å². The Labute approximate surface area is 195 Å². The van der Waals surface area contributed by atoms with Gasteiger partial charge in [0.15, 0.2) is 5.13 Å². The first kappa shape index (κ1) is 23.5. The molecule has 164 valence electrons. The Balaban J connectivity index is 2.01. The van der Waals surface area contributed by atoms with Gasteiger partial charge in [-0.3, -0.25) is 4.79 Å². The van der Waals surface area contributed by atoms with E-state index in [0.29, 0.717) is 27.6 Å². The number of hydrogen-bond donors (Lipinski definition) is 1. The molecule has 0 saturated heterocycles. The minimum atomic E-state index is -0.895. The molecule has 8 heteroatoms. The summed E-state index contributed by atoms with van der Waals surface area (Å²) in [7, 11) is 0. The van der Waals surface area contributed by atoms with Crippen LogP contribution in [0.5, 0.6) is 0 Å². The van der Waals surface area contributed by atoms with Crippen molar-refractivity contribution in [3.05, 3.63) is 68.8 Å². The van der Waals surface area contributed by atoms with Gasteiger partial charge in [0.25, 0.3) is 0 Å². The molecule has 0 fully saturated rings. The number of thiazole rings is 1. The highest BCUT2D eigenvalue weighted by Crippen LogP contribution is 2.37. The molecule has 0 atom stereocenters. The van der Waals surface area contributed by atoms with Crippen LogP contribution in [0.25, 0.3) is 11.3 Å². The zero-order valence-electron chi connectivity index (χ0n) is 17.2. The number of benzene rings is 2. The fourth-order valence-corrected chi connectivity index (χ4v) is 4.80. The Morgan fingerprint density at radius 3 is 2.61 bits per heavy atom. The van der Waals surface area contributed by atoms with Crippen molar-refractivity contribution in [2.24, 2.45) is 5.92 Å². The molecule has 0 aliphatic heterocycles. The highest BCUT2D eigenvalue weighted by Gasteiger charge is 2.20. The number of aliphatic carboxylic acids is 1. The molecule has 4 nitrogen and oxygen atoms in total. The van der Waals surface area contributed by atoms with E-state index in [-0.39, 0.29) is 18.8 Å². The van der Waals surface area contributed by atoms with Crippen molar-refractivity contribution in [1.82, 2.24) is 4.98 Å². The molecule has 1 N–H and O–H groups in total. The van der Waals surface area contributed by atoms with Gasteiger partial charge in [-0.2, -0.15) is 0 Å². The molecule has 0 saturated carbocycles. The lowest BCUT2D eigenvalue weighted by Crippen LogP contribution is -2.25.